The average molecular weight is 418 g/mol. The van der Waals surface area contributed by atoms with Gasteiger partial charge in [-0.1, -0.05) is 73.3 Å². The maximum Gasteiger partial charge on any atom is 0.191 e. The Kier molecular flexibility index (Phi) is 6.38. The highest BCUT2D eigenvalue weighted by Gasteiger charge is 2.19. The highest BCUT2D eigenvalue weighted by Crippen LogP contribution is 2.29. The Morgan fingerprint density at radius 2 is 1.70 bits per heavy atom. The van der Waals surface area contributed by atoms with Crippen LogP contribution in [0.2, 0.25) is 0 Å². The van der Waals surface area contributed by atoms with Crippen molar-refractivity contribution in [2.24, 2.45) is 0 Å². The molecule has 0 aliphatic carbocycles. The maximum atomic E-state index is 6.14. The number of hydrogen-bond donors (Lipinski definition) is 0. The molecule has 0 amide bonds. The Morgan fingerprint density at radius 3 is 2.47 bits per heavy atom. The van der Waals surface area contributed by atoms with Crippen molar-refractivity contribution in [1.29, 1.82) is 0 Å². The van der Waals surface area contributed by atoms with E-state index in [9.17, 15) is 0 Å². The van der Waals surface area contributed by atoms with Crippen molar-refractivity contribution in [2.75, 3.05) is 0 Å². The Balaban J connectivity index is 1.50. The average Bonchev–Trinajstić information content (AvgIpc) is 3.21. The number of rotatable bonds is 8. The lowest BCUT2D eigenvalue weighted by Gasteiger charge is -2.16. The first-order chi connectivity index (χ1) is 14.7. The number of ether oxygens (including phenoxy) is 1. The zero-order valence-electron chi connectivity index (χ0n) is 17.7. The largest absolute Gasteiger partial charge is 0.483 e. The minimum Gasteiger partial charge on any atom is -0.483 e. The Morgan fingerprint density at radius 1 is 0.933 bits per heavy atom. The van der Waals surface area contributed by atoms with Gasteiger partial charge in [-0.15, -0.1) is 10.2 Å². The molecule has 4 nitrogen and oxygen atoms in total. The van der Waals surface area contributed by atoms with Crippen LogP contribution in [0.1, 0.15) is 43.8 Å². The van der Waals surface area contributed by atoms with Crippen molar-refractivity contribution >= 4 is 22.5 Å². The molecule has 0 saturated heterocycles. The van der Waals surface area contributed by atoms with E-state index in [-0.39, 0.29) is 6.10 Å². The van der Waals surface area contributed by atoms with Crippen molar-refractivity contribution in [3.05, 3.63) is 83.7 Å². The van der Waals surface area contributed by atoms with Gasteiger partial charge in [0.25, 0.3) is 0 Å². The number of benzene rings is 3. The Hall–Kier alpha value is -2.79. The van der Waals surface area contributed by atoms with E-state index < -0.39 is 0 Å². The van der Waals surface area contributed by atoms with Gasteiger partial charge in [-0.3, -0.25) is 0 Å². The van der Waals surface area contributed by atoms with E-state index in [4.69, 9.17) is 4.74 Å². The molecule has 0 saturated carbocycles. The lowest BCUT2D eigenvalue weighted by atomic mass is 10.1. The maximum absolute atomic E-state index is 6.14. The Labute approximate surface area is 182 Å². The summed E-state index contributed by atoms with van der Waals surface area (Å²) in [5.41, 5.74) is 2.62. The predicted molar refractivity (Wildman–Crippen MR) is 124 cm³/mol. The first-order valence-corrected chi connectivity index (χ1v) is 11.5. The highest BCUT2D eigenvalue weighted by atomic mass is 32.2. The van der Waals surface area contributed by atoms with Gasteiger partial charge < -0.3 is 9.30 Å². The second kappa shape index (κ2) is 9.35. The van der Waals surface area contributed by atoms with Gasteiger partial charge in [0.1, 0.15) is 5.75 Å². The molecule has 0 aliphatic rings. The van der Waals surface area contributed by atoms with E-state index in [1.54, 1.807) is 11.8 Å². The zero-order chi connectivity index (χ0) is 20.9. The summed E-state index contributed by atoms with van der Waals surface area (Å²) >= 11 is 1.72. The number of aromatic nitrogens is 3. The second-order valence-corrected chi connectivity index (χ2v) is 8.21. The number of fused-ring (bicyclic) bond motifs is 1. The standard InChI is InChI=1S/C25H27N3OS/c1-4-19-13-15-22(16-14-19)29-18(3)24-26-27-25(28(24)5-2)30-17-21-11-8-10-20-9-6-7-12-23(20)21/h6-16,18H,4-5,17H2,1-3H3. The van der Waals surface area contributed by atoms with Crippen molar-refractivity contribution < 1.29 is 4.74 Å². The smallest absolute Gasteiger partial charge is 0.191 e. The summed E-state index contributed by atoms with van der Waals surface area (Å²) in [6.45, 7) is 7.11. The van der Waals surface area contributed by atoms with Crippen LogP contribution in [-0.4, -0.2) is 14.8 Å². The van der Waals surface area contributed by atoms with E-state index in [1.165, 1.54) is 21.9 Å². The van der Waals surface area contributed by atoms with Gasteiger partial charge >= 0.3 is 0 Å². The monoisotopic (exact) mass is 417 g/mol. The molecule has 1 unspecified atom stereocenters. The molecular formula is C25H27N3OS. The molecule has 4 rings (SSSR count). The lowest BCUT2D eigenvalue weighted by molar-refractivity contribution is 0.210. The highest BCUT2D eigenvalue weighted by molar-refractivity contribution is 7.98. The molecular weight excluding hydrogens is 390 g/mol. The van der Waals surface area contributed by atoms with Gasteiger partial charge in [-0.25, -0.2) is 0 Å². The molecule has 0 fully saturated rings. The quantitative estimate of drug-likeness (QED) is 0.309. The second-order valence-electron chi connectivity index (χ2n) is 7.27. The van der Waals surface area contributed by atoms with Crippen molar-refractivity contribution in [3.8, 4) is 5.75 Å². The van der Waals surface area contributed by atoms with Gasteiger partial charge in [-0.05, 0) is 54.3 Å². The summed E-state index contributed by atoms with van der Waals surface area (Å²) in [6, 6.07) is 23.2. The number of aryl methyl sites for hydroxylation is 1. The summed E-state index contributed by atoms with van der Waals surface area (Å²) in [6.07, 6.45) is 0.855. The van der Waals surface area contributed by atoms with Gasteiger partial charge in [-0.2, -0.15) is 0 Å². The van der Waals surface area contributed by atoms with Crippen LogP contribution < -0.4 is 4.74 Å². The first-order valence-electron chi connectivity index (χ1n) is 10.5. The van der Waals surface area contributed by atoms with Crippen LogP contribution in [0.5, 0.6) is 5.75 Å². The third-order valence-electron chi connectivity index (χ3n) is 5.31. The molecule has 30 heavy (non-hydrogen) atoms. The molecule has 3 aromatic carbocycles. The summed E-state index contributed by atoms with van der Waals surface area (Å²) in [4.78, 5) is 0. The number of hydrogen-bond acceptors (Lipinski definition) is 4. The molecule has 0 N–H and O–H groups in total. The lowest BCUT2D eigenvalue weighted by Crippen LogP contribution is -2.12. The van der Waals surface area contributed by atoms with Crippen LogP contribution in [0.4, 0.5) is 0 Å². The number of thioether (sulfide) groups is 1. The van der Waals surface area contributed by atoms with Crippen LogP contribution in [-0.2, 0) is 18.7 Å². The minimum absolute atomic E-state index is 0.170. The SMILES string of the molecule is CCc1ccc(OC(C)c2nnc(SCc3cccc4ccccc34)n2CC)cc1. The fourth-order valence-electron chi connectivity index (χ4n) is 3.63. The van der Waals surface area contributed by atoms with Crippen LogP contribution in [0.25, 0.3) is 10.8 Å². The molecule has 1 aromatic heterocycles. The van der Waals surface area contributed by atoms with Crippen LogP contribution in [0, 0.1) is 0 Å². The Bertz CT molecular complexity index is 1120. The minimum atomic E-state index is -0.170. The fourth-order valence-corrected chi connectivity index (χ4v) is 4.64. The molecule has 0 spiro atoms. The first kappa shape index (κ1) is 20.5. The van der Waals surface area contributed by atoms with E-state index in [2.05, 4.69) is 83.2 Å². The summed E-state index contributed by atoms with van der Waals surface area (Å²) < 4.78 is 8.30. The third-order valence-corrected chi connectivity index (χ3v) is 6.32. The fraction of sp³-hybridized carbons (Fsp3) is 0.280. The van der Waals surface area contributed by atoms with E-state index >= 15 is 0 Å². The molecule has 154 valence electrons. The van der Waals surface area contributed by atoms with Gasteiger partial charge in [0, 0.05) is 12.3 Å². The molecule has 0 bridgehead atoms. The molecule has 0 radical (unpaired) electrons. The molecule has 4 aromatic rings. The van der Waals surface area contributed by atoms with E-state index in [0.29, 0.717) is 0 Å². The third kappa shape index (κ3) is 4.36. The van der Waals surface area contributed by atoms with Gasteiger partial charge in [0.05, 0.1) is 0 Å². The van der Waals surface area contributed by atoms with Crippen molar-refractivity contribution in [1.82, 2.24) is 14.8 Å². The molecule has 1 atom stereocenters. The summed E-state index contributed by atoms with van der Waals surface area (Å²) in [7, 11) is 0. The van der Waals surface area contributed by atoms with Crippen molar-refractivity contribution in [3.63, 3.8) is 0 Å². The van der Waals surface area contributed by atoms with E-state index in [1.807, 2.05) is 19.1 Å². The number of nitrogens with zero attached hydrogens (tertiary/aromatic N) is 3. The van der Waals surface area contributed by atoms with Crippen molar-refractivity contribution in [2.45, 2.75) is 50.8 Å². The molecule has 0 aliphatic heterocycles. The summed E-state index contributed by atoms with van der Waals surface area (Å²) in [5.74, 6) is 2.57. The van der Waals surface area contributed by atoms with Crippen LogP contribution >= 0.6 is 11.8 Å². The van der Waals surface area contributed by atoms with Crippen LogP contribution in [0.15, 0.2) is 71.9 Å². The normalized spacial score (nSPS) is 12.2. The topological polar surface area (TPSA) is 39.9 Å². The molecule has 1 heterocycles. The zero-order valence-corrected chi connectivity index (χ0v) is 18.5. The van der Waals surface area contributed by atoms with Gasteiger partial charge in [0.2, 0.25) is 0 Å². The summed E-state index contributed by atoms with van der Waals surface area (Å²) in [5, 5.41) is 12.4. The van der Waals surface area contributed by atoms with Crippen LogP contribution in [0.3, 0.4) is 0 Å². The predicted octanol–water partition coefficient (Wildman–Crippen LogP) is 6.45. The van der Waals surface area contributed by atoms with E-state index in [0.717, 1.165) is 35.4 Å². The molecule has 5 heteroatoms. The van der Waals surface area contributed by atoms with Gasteiger partial charge in [0.15, 0.2) is 17.1 Å².